The predicted molar refractivity (Wildman–Crippen MR) is 84.0 cm³/mol. The van der Waals surface area contributed by atoms with Crippen molar-refractivity contribution in [3.8, 4) is 5.75 Å². The molecule has 2 N–H and O–H groups in total. The van der Waals surface area contributed by atoms with Crippen LogP contribution in [0, 0.1) is 5.92 Å². The summed E-state index contributed by atoms with van der Waals surface area (Å²) in [4.78, 5) is 2.60. The molecule has 0 spiro atoms. The van der Waals surface area contributed by atoms with Gasteiger partial charge in [0.25, 0.3) is 0 Å². The van der Waals surface area contributed by atoms with E-state index in [2.05, 4.69) is 43.0 Å². The molecule has 2 rings (SSSR count). The van der Waals surface area contributed by atoms with E-state index in [1.54, 1.807) is 0 Å². The third-order valence-corrected chi connectivity index (χ3v) is 3.79. The number of ether oxygens (including phenoxy) is 1. The fraction of sp³-hybridized carbons (Fsp3) is 0.647. The minimum Gasteiger partial charge on any atom is -0.494 e. The third-order valence-electron chi connectivity index (χ3n) is 3.79. The normalized spacial score (nSPS) is 16.7. The van der Waals surface area contributed by atoms with Crippen LogP contribution in [0.25, 0.3) is 0 Å². The molecule has 0 bridgehead atoms. The number of nitrogens with two attached hydrogens (primary N) is 1. The molecule has 112 valence electrons. The standard InChI is InChI=1S/C17H28N2O/c1-4-20-16-9-5-14(6-10-16)17(11-18)19(12-13(2)3)15-7-8-15/h5-6,9-10,13,15,17H,4,7-8,11-12,18H2,1-3H3. The van der Waals surface area contributed by atoms with Crippen LogP contribution in [0.5, 0.6) is 5.75 Å². The topological polar surface area (TPSA) is 38.5 Å². The van der Waals surface area contributed by atoms with Crippen LogP contribution in [-0.4, -0.2) is 30.6 Å². The van der Waals surface area contributed by atoms with Gasteiger partial charge in [0.1, 0.15) is 5.75 Å². The lowest BCUT2D eigenvalue weighted by Crippen LogP contribution is -2.38. The van der Waals surface area contributed by atoms with Crippen LogP contribution < -0.4 is 10.5 Å². The fourth-order valence-corrected chi connectivity index (χ4v) is 2.77. The Bertz CT molecular complexity index is 398. The van der Waals surface area contributed by atoms with Crippen molar-refractivity contribution in [2.75, 3.05) is 19.7 Å². The molecule has 0 heterocycles. The maximum atomic E-state index is 6.07. The van der Waals surface area contributed by atoms with Crippen molar-refractivity contribution < 1.29 is 4.74 Å². The summed E-state index contributed by atoms with van der Waals surface area (Å²) in [6, 6.07) is 9.51. The SMILES string of the molecule is CCOc1ccc(C(CN)N(CC(C)C)C2CC2)cc1. The lowest BCUT2D eigenvalue weighted by molar-refractivity contribution is 0.169. The Balaban J connectivity index is 2.12. The second-order valence-corrected chi connectivity index (χ2v) is 6.08. The summed E-state index contributed by atoms with van der Waals surface area (Å²) in [6.45, 7) is 9.08. The summed E-state index contributed by atoms with van der Waals surface area (Å²) in [7, 11) is 0. The number of hydrogen-bond acceptors (Lipinski definition) is 3. The number of rotatable bonds is 8. The Morgan fingerprint density at radius 3 is 2.35 bits per heavy atom. The van der Waals surface area contributed by atoms with Gasteiger partial charge in [-0.3, -0.25) is 4.90 Å². The Hall–Kier alpha value is -1.06. The molecule has 0 saturated heterocycles. The van der Waals surface area contributed by atoms with E-state index in [4.69, 9.17) is 10.5 Å². The average Bonchev–Trinajstić information content (AvgIpc) is 3.24. The van der Waals surface area contributed by atoms with Crippen molar-refractivity contribution >= 4 is 0 Å². The molecule has 0 aromatic heterocycles. The Labute approximate surface area is 123 Å². The van der Waals surface area contributed by atoms with Crippen LogP contribution in [0.3, 0.4) is 0 Å². The molecular weight excluding hydrogens is 248 g/mol. The quantitative estimate of drug-likeness (QED) is 0.792. The molecule has 20 heavy (non-hydrogen) atoms. The van der Waals surface area contributed by atoms with Crippen molar-refractivity contribution in [2.45, 2.75) is 45.7 Å². The summed E-state index contributed by atoms with van der Waals surface area (Å²) in [5, 5.41) is 0. The second-order valence-electron chi connectivity index (χ2n) is 6.08. The number of benzene rings is 1. The molecule has 3 nitrogen and oxygen atoms in total. The van der Waals surface area contributed by atoms with E-state index < -0.39 is 0 Å². The number of hydrogen-bond donors (Lipinski definition) is 1. The fourth-order valence-electron chi connectivity index (χ4n) is 2.77. The Morgan fingerprint density at radius 2 is 1.90 bits per heavy atom. The Kier molecular flexibility index (Phi) is 5.44. The molecule has 0 amide bonds. The first kappa shape index (κ1) is 15.3. The van der Waals surface area contributed by atoms with Gasteiger partial charge in [0.05, 0.1) is 6.61 Å². The van der Waals surface area contributed by atoms with Crippen LogP contribution in [0.1, 0.15) is 45.2 Å². The van der Waals surface area contributed by atoms with Crippen LogP contribution in [0.4, 0.5) is 0 Å². The highest BCUT2D eigenvalue weighted by molar-refractivity contribution is 5.29. The van der Waals surface area contributed by atoms with E-state index >= 15 is 0 Å². The molecule has 1 aliphatic rings. The number of nitrogens with zero attached hydrogens (tertiary/aromatic N) is 1. The predicted octanol–water partition coefficient (Wildman–Crippen LogP) is 3.21. The molecule has 0 radical (unpaired) electrons. The molecule has 1 atom stereocenters. The lowest BCUT2D eigenvalue weighted by Gasteiger charge is -2.33. The highest BCUT2D eigenvalue weighted by Crippen LogP contribution is 2.35. The maximum Gasteiger partial charge on any atom is 0.119 e. The van der Waals surface area contributed by atoms with Crippen molar-refractivity contribution in [1.29, 1.82) is 0 Å². The summed E-state index contributed by atoms with van der Waals surface area (Å²) < 4.78 is 5.51. The van der Waals surface area contributed by atoms with Crippen molar-refractivity contribution in [3.63, 3.8) is 0 Å². The van der Waals surface area contributed by atoms with E-state index in [9.17, 15) is 0 Å². The van der Waals surface area contributed by atoms with Gasteiger partial charge in [-0.1, -0.05) is 26.0 Å². The second kappa shape index (κ2) is 7.09. The van der Waals surface area contributed by atoms with Crippen LogP contribution in [0.15, 0.2) is 24.3 Å². The third kappa shape index (κ3) is 3.97. The highest BCUT2D eigenvalue weighted by atomic mass is 16.5. The zero-order valence-corrected chi connectivity index (χ0v) is 13.0. The summed E-state index contributed by atoms with van der Waals surface area (Å²) in [5.41, 5.74) is 7.38. The zero-order chi connectivity index (χ0) is 14.5. The molecule has 3 heteroatoms. The minimum atomic E-state index is 0.334. The zero-order valence-electron chi connectivity index (χ0n) is 13.0. The highest BCUT2D eigenvalue weighted by Gasteiger charge is 2.34. The van der Waals surface area contributed by atoms with E-state index in [1.807, 2.05) is 6.92 Å². The van der Waals surface area contributed by atoms with Crippen LogP contribution in [0.2, 0.25) is 0 Å². The molecule has 1 aliphatic carbocycles. The lowest BCUT2D eigenvalue weighted by atomic mass is 10.0. The van der Waals surface area contributed by atoms with Gasteiger partial charge < -0.3 is 10.5 Å². The van der Waals surface area contributed by atoms with Gasteiger partial charge in [-0.05, 0) is 43.4 Å². The average molecular weight is 276 g/mol. The van der Waals surface area contributed by atoms with Crippen molar-refractivity contribution in [1.82, 2.24) is 4.90 Å². The summed E-state index contributed by atoms with van der Waals surface area (Å²) in [6.07, 6.45) is 2.64. The monoisotopic (exact) mass is 276 g/mol. The molecule has 1 saturated carbocycles. The van der Waals surface area contributed by atoms with Crippen molar-refractivity contribution in [2.24, 2.45) is 11.7 Å². The van der Waals surface area contributed by atoms with Gasteiger partial charge in [0, 0.05) is 25.2 Å². The maximum absolute atomic E-state index is 6.07. The largest absolute Gasteiger partial charge is 0.494 e. The van der Waals surface area contributed by atoms with E-state index in [-0.39, 0.29) is 0 Å². The summed E-state index contributed by atoms with van der Waals surface area (Å²) in [5.74, 6) is 1.61. The Morgan fingerprint density at radius 1 is 1.25 bits per heavy atom. The van der Waals surface area contributed by atoms with E-state index in [0.717, 1.165) is 18.3 Å². The van der Waals surface area contributed by atoms with Crippen molar-refractivity contribution in [3.05, 3.63) is 29.8 Å². The smallest absolute Gasteiger partial charge is 0.119 e. The van der Waals surface area contributed by atoms with Crippen LogP contribution in [-0.2, 0) is 0 Å². The van der Waals surface area contributed by atoms with Gasteiger partial charge in [0.2, 0.25) is 0 Å². The van der Waals surface area contributed by atoms with Gasteiger partial charge >= 0.3 is 0 Å². The molecule has 1 unspecified atom stereocenters. The van der Waals surface area contributed by atoms with Gasteiger partial charge in [-0.2, -0.15) is 0 Å². The summed E-state index contributed by atoms with van der Waals surface area (Å²) >= 11 is 0. The first-order valence-corrected chi connectivity index (χ1v) is 7.84. The van der Waals surface area contributed by atoms with Gasteiger partial charge in [-0.15, -0.1) is 0 Å². The molecule has 0 aliphatic heterocycles. The minimum absolute atomic E-state index is 0.334. The molecule has 1 aromatic rings. The molecule has 1 fully saturated rings. The van der Waals surface area contributed by atoms with E-state index in [1.165, 1.54) is 18.4 Å². The van der Waals surface area contributed by atoms with E-state index in [0.29, 0.717) is 25.1 Å². The van der Waals surface area contributed by atoms with Gasteiger partial charge in [-0.25, -0.2) is 0 Å². The van der Waals surface area contributed by atoms with Crippen LogP contribution >= 0.6 is 0 Å². The van der Waals surface area contributed by atoms with Gasteiger partial charge in [0.15, 0.2) is 0 Å². The first-order valence-electron chi connectivity index (χ1n) is 7.84. The molecule has 1 aromatic carbocycles. The molecular formula is C17H28N2O. The first-order chi connectivity index (χ1) is 9.65.